The number of ether oxygens (including phenoxy) is 3. The van der Waals surface area contributed by atoms with Gasteiger partial charge in [0.25, 0.3) is 5.91 Å². The van der Waals surface area contributed by atoms with Crippen molar-refractivity contribution in [1.29, 1.82) is 0 Å². The molecule has 3 rings (SSSR count). The largest absolute Gasteiger partial charge is 0.497 e. The third-order valence-corrected chi connectivity index (χ3v) is 3.92. The number of hydrogen-bond donors (Lipinski definition) is 2. The lowest BCUT2D eigenvalue weighted by molar-refractivity contribution is 0.102. The van der Waals surface area contributed by atoms with Crippen molar-refractivity contribution in [3.05, 3.63) is 54.0 Å². The van der Waals surface area contributed by atoms with Crippen molar-refractivity contribution in [2.75, 3.05) is 26.6 Å². The molecule has 0 atom stereocenters. The maximum Gasteiger partial charge on any atom is 0.273 e. The van der Waals surface area contributed by atoms with Gasteiger partial charge in [0, 0.05) is 23.4 Å². The fourth-order valence-corrected chi connectivity index (χ4v) is 2.53. The Morgan fingerprint density at radius 2 is 1.78 bits per heavy atom. The van der Waals surface area contributed by atoms with Gasteiger partial charge in [0.2, 0.25) is 0 Å². The summed E-state index contributed by atoms with van der Waals surface area (Å²) < 4.78 is 29.1. The number of methoxy groups -OCH3 is 3. The number of aromatic nitrogens is 2. The molecule has 0 bridgehead atoms. The van der Waals surface area contributed by atoms with E-state index < -0.39 is 11.7 Å². The van der Waals surface area contributed by atoms with Crippen LogP contribution in [0.1, 0.15) is 10.5 Å². The molecule has 0 aliphatic rings. The summed E-state index contributed by atoms with van der Waals surface area (Å²) in [7, 11) is 4.47. The van der Waals surface area contributed by atoms with Gasteiger partial charge in [-0.25, -0.2) is 4.39 Å². The molecule has 0 saturated carbocycles. The molecule has 1 heterocycles. The maximum atomic E-state index is 13.8. The highest BCUT2D eigenvalue weighted by atomic mass is 19.1. The predicted molar refractivity (Wildman–Crippen MR) is 98.0 cm³/mol. The molecule has 0 spiro atoms. The van der Waals surface area contributed by atoms with E-state index in [9.17, 15) is 9.18 Å². The minimum absolute atomic E-state index is 0.100. The summed E-state index contributed by atoms with van der Waals surface area (Å²) in [4.78, 5) is 12.4. The van der Waals surface area contributed by atoms with Gasteiger partial charge in [-0.15, -0.1) is 0 Å². The molecule has 0 unspecified atom stereocenters. The van der Waals surface area contributed by atoms with Crippen LogP contribution in [0.25, 0.3) is 11.3 Å². The summed E-state index contributed by atoms with van der Waals surface area (Å²) in [5.41, 5.74) is 1.75. The Bertz CT molecular complexity index is 971. The first kappa shape index (κ1) is 18.2. The van der Waals surface area contributed by atoms with E-state index in [1.54, 1.807) is 37.4 Å². The zero-order valence-corrected chi connectivity index (χ0v) is 15.0. The number of nitrogens with zero attached hydrogens (tertiary/aromatic N) is 1. The fourth-order valence-electron chi connectivity index (χ4n) is 2.53. The number of amides is 1. The van der Waals surface area contributed by atoms with Crippen LogP contribution in [0.4, 0.5) is 10.1 Å². The molecule has 8 heteroatoms. The predicted octanol–water partition coefficient (Wildman–Crippen LogP) is 3.49. The number of halogens is 1. The zero-order chi connectivity index (χ0) is 19.4. The quantitative estimate of drug-likeness (QED) is 0.693. The average Bonchev–Trinajstić information content (AvgIpc) is 3.17. The average molecular weight is 371 g/mol. The molecule has 0 aliphatic carbocycles. The van der Waals surface area contributed by atoms with Gasteiger partial charge in [-0.1, -0.05) is 0 Å². The van der Waals surface area contributed by atoms with E-state index in [1.807, 2.05) is 0 Å². The van der Waals surface area contributed by atoms with E-state index in [0.29, 0.717) is 28.4 Å². The number of carbonyl (C=O) groups is 1. The molecule has 1 amide bonds. The van der Waals surface area contributed by atoms with Crippen molar-refractivity contribution in [2.45, 2.75) is 0 Å². The van der Waals surface area contributed by atoms with Gasteiger partial charge in [-0.05, 0) is 30.3 Å². The SMILES string of the molecule is COc1ccc(-c2cc(C(=O)Nc3ccc(OC)c(F)c3)[nH]n2)c(OC)c1. The lowest BCUT2D eigenvalue weighted by Crippen LogP contribution is -2.12. The Balaban J connectivity index is 1.81. The van der Waals surface area contributed by atoms with E-state index in [4.69, 9.17) is 14.2 Å². The van der Waals surface area contributed by atoms with Crippen LogP contribution in [-0.2, 0) is 0 Å². The van der Waals surface area contributed by atoms with Crippen LogP contribution in [0, 0.1) is 5.82 Å². The number of anilines is 1. The van der Waals surface area contributed by atoms with Crippen LogP contribution >= 0.6 is 0 Å². The van der Waals surface area contributed by atoms with Crippen molar-refractivity contribution >= 4 is 11.6 Å². The Kier molecular flexibility index (Phi) is 5.25. The van der Waals surface area contributed by atoms with E-state index in [-0.39, 0.29) is 11.4 Å². The molecule has 0 fully saturated rings. The third-order valence-electron chi connectivity index (χ3n) is 3.92. The summed E-state index contributed by atoms with van der Waals surface area (Å²) in [5.74, 6) is 0.286. The third kappa shape index (κ3) is 3.84. The van der Waals surface area contributed by atoms with Gasteiger partial charge >= 0.3 is 0 Å². The summed E-state index contributed by atoms with van der Waals surface area (Å²) in [6, 6.07) is 11.0. The molecule has 0 aliphatic heterocycles. The molecule has 140 valence electrons. The van der Waals surface area contributed by atoms with Gasteiger partial charge in [0.05, 0.1) is 27.0 Å². The van der Waals surface area contributed by atoms with E-state index in [2.05, 4.69) is 15.5 Å². The number of hydrogen-bond acceptors (Lipinski definition) is 5. The summed E-state index contributed by atoms with van der Waals surface area (Å²) >= 11 is 0. The normalized spacial score (nSPS) is 10.4. The topological polar surface area (TPSA) is 85.5 Å². The van der Waals surface area contributed by atoms with Crippen molar-refractivity contribution in [2.24, 2.45) is 0 Å². The monoisotopic (exact) mass is 371 g/mol. The number of H-pyrrole nitrogens is 1. The number of nitrogens with one attached hydrogen (secondary N) is 2. The highest BCUT2D eigenvalue weighted by Crippen LogP contribution is 2.32. The smallest absolute Gasteiger partial charge is 0.273 e. The Labute approximate surface area is 155 Å². The molecule has 2 aromatic carbocycles. The van der Waals surface area contributed by atoms with Crippen LogP contribution in [0.2, 0.25) is 0 Å². The fraction of sp³-hybridized carbons (Fsp3) is 0.158. The number of rotatable bonds is 6. The molecular formula is C19H18FN3O4. The first-order valence-electron chi connectivity index (χ1n) is 7.98. The van der Waals surface area contributed by atoms with E-state index in [0.717, 1.165) is 0 Å². The molecular weight excluding hydrogens is 353 g/mol. The molecule has 2 N–H and O–H groups in total. The number of aromatic amines is 1. The molecule has 7 nitrogen and oxygen atoms in total. The lowest BCUT2D eigenvalue weighted by atomic mass is 10.1. The van der Waals surface area contributed by atoms with E-state index >= 15 is 0 Å². The lowest BCUT2D eigenvalue weighted by Gasteiger charge is -2.08. The van der Waals surface area contributed by atoms with E-state index in [1.165, 1.54) is 26.4 Å². The van der Waals surface area contributed by atoms with Gasteiger partial charge < -0.3 is 19.5 Å². The van der Waals surface area contributed by atoms with Gasteiger partial charge in [0.1, 0.15) is 17.2 Å². The Morgan fingerprint density at radius 1 is 1.00 bits per heavy atom. The molecule has 0 saturated heterocycles. The molecule has 27 heavy (non-hydrogen) atoms. The maximum absolute atomic E-state index is 13.8. The van der Waals surface area contributed by atoms with Gasteiger partial charge in [-0.2, -0.15) is 5.10 Å². The number of benzene rings is 2. The molecule has 3 aromatic rings. The van der Waals surface area contributed by atoms with Crippen LogP contribution in [0.15, 0.2) is 42.5 Å². The highest BCUT2D eigenvalue weighted by Gasteiger charge is 2.15. The van der Waals surface area contributed by atoms with Crippen LogP contribution in [0.3, 0.4) is 0 Å². The summed E-state index contributed by atoms with van der Waals surface area (Å²) in [5, 5.41) is 9.44. The van der Waals surface area contributed by atoms with Crippen molar-refractivity contribution < 1.29 is 23.4 Å². The second-order valence-corrected chi connectivity index (χ2v) is 5.54. The van der Waals surface area contributed by atoms with Crippen LogP contribution < -0.4 is 19.5 Å². The van der Waals surface area contributed by atoms with Gasteiger partial charge in [-0.3, -0.25) is 9.89 Å². The Morgan fingerprint density at radius 3 is 2.44 bits per heavy atom. The zero-order valence-electron chi connectivity index (χ0n) is 15.0. The standard InChI is InChI=1S/C19H18FN3O4/c1-25-12-5-6-13(18(9-12)27-3)15-10-16(23-22-15)19(24)21-11-4-7-17(26-2)14(20)8-11/h4-10H,1-3H3,(H,21,24)(H,22,23). The number of carbonyl (C=O) groups excluding carboxylic acids is 1. The Hall–Kier alpha value is -3.55. The van der Waals surface area contributed by atoms with Crippen LogP contribution in [0.5, 0.6) is 17.2 Å². The highest BCUT2D eigenvalue weighted by molar-refractivity contribution is 6.03. The van der Waals surface area contributed by atoms with Crippen molar-refractivity contribution in [1.82, 2.24) is 10.2 Å². The first-order chi connectivity index (χ1) is 13.0. The molecule has 0 radical (unpaired) electrons. The van der Waals surface area contributed by atoms with Crippen molar-refractivity contribution in [3.8, 4) is 28.5 Å². The van der Waals surface area contributed by atoms with Crippen molar-refractivity contribution in [3.63, 3.8) is 0 Å². The summed E-state index contributed by atoms with van der Waals surface area (Å²) in [6.45, 7) is 0. The first-order valence-corrected chi connectivity index (χ1v) is 7.98. The summed E-state index contributed by atoms with van der Waals surface area (Å²) in [6.07, 6.45) is 0. The second-order valence-electron chi connectivity index (χ2n) is 5.54. The van der Waals surface area contributed by atoms with Gasteiger partial charge in [0.15, 0.2) is 11.6 Å². The molecule has 1 aromatic heterocycles. The van der Waals surface area contributed by atoms with Crippen LogP contribution in [-0.4, -0.2) is 37.4 Å². The second kappa shape index (κ2) is 7.77. The minimum atomic E-state index is -0.566. The minimum Gasteiger partial charge on any atom is -0.497 e.